The standard InChI is InChI=1S/C18H28N2O5S.ClH/c1-13(2)25-15-6-4-14(5-7-15)16(21)12-20-17(22)18(26(3,23)24)8-10-19-11-9-18;/h4-7,13,16,19,21H,8-12H2,1-3H3,(H,20,22);1H. The number of benzene rings is 1. The molecule has 9 heteroatoms. The smallest absolute Gasteiger partial charge is 0.241 e. The Bertz CT molecular complexity index is 716. The van der Waals surface area contributed by atoms with E-state index in [1.165, 1.54) is 0 Å². The second-order valence-corrected chi connectivity index (χ2v) is 9.30. The van der Waals surface area contributed by atoms with E-state index in [4.69, 9.17) is 4.74 Å². The van der Waals surface area contributed by atoms with Gasteiger partial charge >= 0.3 is 0 Å². The molecule has 0 spiro atoms. The first-order chi connectivity index (χ1) is 12.2. The van der Waals surface area contributed by atoms with Crippen molar-refractivity contribution in [2.24, 2.45) is 0 Å². The summed E-state index contributed by atoms with van der Waals surface area (Å²) in [6, 6.07) is 6.97. The Kier molecular flexibility index (Phi) is 8.53. The Morgan fingerprint density at radius 3 is 2.30 bits per heavy atom. The molecule has 2 rings (SSSR count). The Hall–Kier alpha value is -1.35. The van der Waals surface area contributed by atoms with Crippen LogP contribution in [0.5, 0.6) is 5.75 Å². The maximum atomic E-state index is 12.6. The molecule has 1 heterocycles. The first kappa shape index (κ1) is 23.7. The highest BCUT2D eigenvalue weighted by atomic mass is 35.5. The van der Waals surface area contributed by atoms with E-state index in [0.29, 0.717) is 24.4 Å². The number of carbonyl (C=O) groups is 1. The highest BCUT2D eigenvalue weighted by Gasteiger charge is 2.48. The van der Waals surface area contributed by atoms with Gasteiger partial charge in [0.15, 0.2) is 14.6 Å². The van der Waals surface area contributed by atoms with E-state index < -0.39 is 26.6 Å². The number of hydrogen-bond acceptors (Lipinski definition) is 6. The number of sulfone groups is 1. The van der Waals surface area contributed by atoms with Gasteiger partial charge in [-0.3, -0.25) is 4.79 Å². The van der Waals surface area contributed by atoms with Crippen LogP contribution in [0.4, 0.5) is 0 Å². The molecule has 154 valence electrons. The minimum absolute atomic E-state index is 0. The van der Waals surface area contributed by atoms with Crippen LogP contribution in [0.1, 0.15) is 38.4 Å². The predicted octanol–water partition coefficient (Wildman–Crippen LogP) is 1.21. The second kappa shape index (κ2) is 9.73. The van der Waals surface area contributed by atoms with Crippen molar-refractivity contribution in [1.82, 2.24) is 10.6 Å². The highest BCUT2D eigenvalue weighted by molar-refractivity contribution is 7.92. The zero-order valence-electron chi connectivity index (χ0n) is 15.9. The van der Waals surface area contributed by atoms with Crippen LogP contribution in [-0.4, -0.2) is 56.2 Å². The molecule has 1 aromatic carbocycles. The highest BCUT2D eigenvalue weighted by Crippen LogP contribution is 2.28. The zero-order valence-corrected chi connectivity index (χ0v) is 17.5. The summed E-state index contributed by atoms with van der Waals surface area (Å²) in [5.41, 5.74) is 0.625. The molecular formula is C18H29ClN2O5S. The van der Waals surface area contributed by atoms with Crippen LogP contribution in [0.2, 0.25) is 0 Å². The largest absolute Gasteiger partial charge is 0.491 e. The Balaban J connectivity index is 0.00000364. The molecule has 0 bridgehead atoms. The number of amides is 1. The van der Waals surface area contributed by atoms with Gasteiger partial charge in [0.25, 0.3) is 0 Å². The van der Waals surface area contributed by atoms with E-state index in [9.17, 15) is 18.3 Å². The lowest BCUT2D eigenvalue weighted by Gasteiger charge is -2.34. The monoisotopic (exact) mass is 420 g/mol. The van der Waals surface area contributed by atoms with Crippen LogP contribution < -0.4 is 15.4 Å². The Morgan fingerprint density at radius 1 is 1.26 bits per heavy atom. The summed E-state index contributed by atoms with van der Waals surface area (Å²) < 4.78 is 28.6. The van der Waals surface area contributed by atoms with Gasteiger partial charge in [-0.25, -0.2) is 8.42 Å². The van der Waals surface area contributed by atoms with Gasteiger partial charge < -0.3 is 20.5 Å². The number of aliphatic hydroxyl groups is 1. The van der Waals surface area contributed by atoms with Crippen LogP contribution in [0, 0.1) is 0 Å². The van der Waals surface area contributed by atoms with Crippen molar-refractivity contribution in [3.05, 3.63) is 29.8 Å². The van der Waals surface area contributed by atoms with Crippen LogP contribution in [0.15, 0.2) is 24.3 Å². The van der Waals surface area contributed by atoms with Gasteiger partial charge in [0.2, 0.25) is 5.91 Å². The zero-order chi connectivity index (χ0) is 19.4. The maximum Gasteiger partial charge on any atom is 0.241 e. The molecule has 27 heavy (non-hydrogen) atoms. The third-order valence-corrected chi connectivity index (χ3v) is 6.64. The van der Waals surface area contributed by atoms with Crippen LogP contribution >= 0.6 is 12.4 Å². The molecule has 1 unspecified atom stereocenters. The van der Waals surface area contributed by atoms with Crippen LogP contribution in [-0.2, 0) is 14.6 Å². The van der Waals surface area contributed by atoms with E-state index >= 15 is 0 Å². The third-order valence-electron chi connectivity index (χ3n) is 4.63. The van der Waals surface area contributed by atoms with Crippen molar-refractivity contribution in [2.75, 3.05) is 25.9 Å². The lowest BCUT2D eigenvalue weighted by molar-refractivity contribution is -0.124. The van der Waals surface area contributed by atoms with Gasteiger partial charge in [0.1, 0.15) is 5.75 Å². The second-order valence-electron chi connectivity index (χ2n) is 6.98. The summed E-state index contributed by atoms with van der Waals surface area (Å²) in [4.78, 5) is 12.6. The molecule has 0 aliphatic carbocycles. The van der Waals surface area contributed by atoms with Gasteiger partial charge in [-0.15, -0.1) is 12.4 Å². The molecule has 1 amide bonds. The van der Waals surface area contributed by atoms with Gasteiger partial charge in [0, 0.05) is 12.8 Å². The van der Waals surface area contributed by atoms with E-state index in [2.05, 4.69) is 10.6 Å². The summed E-state index contributed by atoms with van der Waals surface area (Å²) in [5.74, 6) is 0.158. The molecule has 3 N–H and O–H groups in total. The average molecular weight is 421 g/mol. The number of carbonyl (C=O) groups excluding carboxylic acids is 1. The lowest BCUT2D eigenvalue weighted by atomic mass is 9.95. The minimum Gasteiger partial charge on any atom is -0.491 e. The first-order valence-corrected chi connectivity index (χ1v) is 10.7. The summed E-state index contributed by atoms with van der Waals surface area (Å²) in [6.07, 6.45) is 0.693. The van der Waals surface area contributed by atoms with Gasteiger partial charge in [-0.2, -0.15) is 0 Å². The molecule has 0 aromatic heterocycles. The van der Waals surface area contributed by atoms with E-state index in [1.54, 1.807) is 24.3 Å². The van der Waals surface area contributed by atoms with Crippen molar-refractivity contribution < 1.29 is 23.1 Å². The summed E-state index contributed by atoms with van der Waals surface area (Å²) in [6.45, 7) is 4.75. The van der Waals surface area contributed by atoms with Crippen molar-refractivity contribution in [3.8, 4) is 5.75 Å². The number of nitrogens with one attached hydrogen (secondary N) is 2. The molecule has 1 atom stereocenters. The van der Waals surface area contributed by atoms with Gasteiger partial charge in [0.05, 0.1) is 12.2 Å². The molecule has 1 fully saturated rings. The number of ether oxygens (including phenoxy) is 1. The van der Waals surface area contributed by atoms with Gasteiger partial charge in [-0.05, 0) is 57.5 Å². The molecule has 7 nitrogen and oxygen atoms in total. The molecular weight excluding hydrogens is 392 g/mol. The van der Waals surface area contributed by atoms with Crippen molar-refractivity contribution in [1.29, 1.82) is 0 Å². The number of aliphatic hydroxyl groups excluding tert-OH is 1. The van der Waals surface area contributed by atoms with Crippen molar-refractivity contribution in [2.45, 2.75) is 43.6 Å². The molecule has 1 aliphatic heterocycles. The fraction of sp³-hybridized carbons (Fsp3) is 0.611. The van der Waals surface area contributed by atoms with E-state index in [0.717, 1.165) is 6.26 Å². The molecule has 1 aromatic rings. The lowest BCUT2D eigenvalue weighted by Crippen LogP contribution is -2.57. The number of halogens is 1. The minimum atomic E-state index is -3.57. The quantitative estimate of drug-likeness (QED) is 0.612. The maximum absolute atomic E-state index is 12.6. The third kappa shape index (κ3) is 5.81. The van der Waals surface area contributed by atoms with E-state index in [1.807, 2.05) is 13.8 Å². The Labute approximate surface area is 167 Å². The predicted molar refractivity (Wildman–Crippen MR) is 107 cm³/mol. The van der Waals surface area contributed by atoms with Crippen LogP contribution in [0.25, 0.3) is 0 Å². The number of piperidine rings is 1. The molecule has 0 saturated carbocycles. The molecule has 1 saturated heterocycles. The Morgan fingerprint density at radius 2 is 1.81 bits per heavy atom. The van der Waals surface area contributed by atoms with Crippen molar-refractivity contribution in [3.63, 3.8) is 0 Å². The summed E-state index contributed by atoms with van der Waals surface area (Å²) in [5, 5.41) is 16.0. The fourth-order valence-corrected chi connectivity index (χ4v) is 4.46. The first-order valence-electron chi connectivity index (χ1n) is 8.79. The number of hydrogen-bond donors (Lipinski definition) is 3. The van der Waals surface area contributed by atoms with Crippen LogP contribution in [0.3, 0.4) is 0 Å². The topological polar surface area (TPSA) is 105 Å². The normalized spacial score (nSPS) is 17.7. The molecule has 1 aliphatic rings. The summed E-state index contributed by atoms with van der Waals surface area (Å²) in [7, 11) is -3.57. The average Bonchev–Trinajstić information content (AvgIpc) is 2.59. The van der Waals surface area contributed by atoms with Gasteiger partial charge in [-0.1, -0.05) is 12.1 Å². The summed E-state index contributed by atoms with van der Waals surface area (Å²) >= 11 is 0. The fourth-order valence-electron chi connectivity index (χ4n) is 3.11. The number of rotatable bonds is 7. The SMILES string of the molecule is CC(C)Oc1ccc(C(O)CNC(=O)C2(S(C)(=O)=O)CCNCC2)cc1.Cl. The molecule has 0 radical (unpaired) electrons. The van der Waals surface area contributed by atoms with E-state index in [-0.39, 0.29) is 37.9 Å². The van der Waals surface area contributed by atoms with Crippen molar-refractivity contribution >= 4 is 28.2 Å².